The lowest BCUT2D eigenvalue weighted by Gasteiger charge is -2.02. The van der Waals surface area contributed by atoms with Crippen molar-refractivity contribution in [2.24, 2.45) is 0 Å². The Balaban J connectivity index is 2.47. The Morgan fingerprint density at radius 2 is 2.00 bits per heavy atom. The van der Waals surface area contributed by atoms with Gasteiger partial charge >= 0.3 is 5.97 Å². The molecule has 4 nitrogen and oxygen atoms in total. The summed E-state index contributed by atoms with van der Waals surface area (Å²) in [7, 11) is 1.35. The zero-order chi connectivity index (χ0) is 13.1. The fraction of sp³-hybridized carbons (Fsp3) is 0.286. The van der Waals surface area contributed by atoms with Crippen molar-refractivity contribution >= 4 is 5.97 Å². The van der Waals surface area contributed by atoms with E-state index >= 15 is 0 Å². The van der Waals surface area contributed by atoms with E-state index in [-0.39, 0.29) is 0 Å². The summed E-state index contributed by atoms with van der Waals surface area (Å²) in [5, 5.41) is 3.93. The van der Waals surface area contributed by atoms with Crippen molar-refractivity contribution in [1.29, 1.82) is 0 Å². The lowest BCUT2D eigenvalue weighted by atomic mass is 10.0. The molecule has 18 heavy (non-hydrogen) atoms. The van der Waals surface area contributed by atoms with Crippen molar-refractivity contribution in [1.82, 2.24) is 5.16 Å². The molecule has 0 radical (unpaired) electrons. The number of hydrogen-bond acceptors (Lipinski definition) is 4. The van der Waals surface area contributed by atoms with Crippen LogP contribution < -0.4 is 0 Å². The molecule has 0 saturated heterocycles. The molecule has 0 aliphatic carbocycles. The quantitative estimate of drug-likeness (QED) is 0.780. The molecule has 0 N–H and O–H groups in total. The standard InChI is InChI=1S/C14H15NO3/c1-4-10-5-7-11(8-6-10)13-12(14(16)17-3)9(2)18-15-13/h5-8H,4H2,1-3H3. The average molecular weight is 245 g/mol. The van der Waals surface area contributed by atoms with Gasteiger partial charge in [0, 0.05) is 5.56 Å². The van der Waals surface area contributed by atoms with Crippen molar-refractivity contribution in [3.63, 3.8) is 0 Å². The first kappa shape index (κ1) is 12.4. The van der Waals surface area contributed by atoms with E-state index in [1.54, 1.807) is 6.92 Å². The summed E-state index contributed by atoms with van der Waals surface area (Å²) in [5.41, 5.74) is 3.01. The Labute approximate surface area is 106 Å². The number of esters is 1. The second-order valence-electron chi connectivity index (χ2n) is 4.00. The summed E-state index contributed by atoms with van der Waals surface area (Å²) in [6.07, 6.45) is 0.974. The van der Waals surface area contributed by atoms with E-state index in [4.69, 9.17) is 9.26 Å². The number of methoxy groups -OCH3 is 1. The Kier molecular flexibility index (Phi) is 3.46. The first-order valence-electron chi connectivity index (χ1n) is 5.81. The molecule has 0 spiro atoms. The highest BCUT2D eigenvalue weighted by Crippen LogP contribution is 2.26. The molecular formula is C14H15NO3. The highest BCUT2D eigenvalue weighted by atomic mass is 16.5. The van der Waals surface area contributed by atoms with Gasteiger partial charge in [0.15, 0.2) is 0 Å². The van der Waals surface area contributed by atoms with Gasteiger partial charge in [0.25, 0.3) is 0 Å². The Bertz CT molecular complexity index is 555. The summed E-state index contributed by atoms with van der Waals surface area (Å²) < 4.78 is 9.82. The third-order valence-electron chi connectivity index (χ3n) is 2.89. The minimum absolute atomic E-state index is 0.391. The molecule has 0 amide bonds. The maximum atomic E-state index is 11.7. The number of hydrogen-bond donors (Lipinski definition) is 0. The van der Waals surface area contributed by atoms with Gasteiger partial charge in [-0.3, -0.25) is 0 Å². The summed E-state index contributed by atoms with van der Waals surface area (Å²) in [6, 6.07) is 7.89. The van der Waals surface area contributed by atoms with Crippen LogP contribution in [0, 0.1) is 6.92 Å². The molecule has 0 bridgehead atoms. The van der Waals surface area contributed by atoms with Crippen LogP contribution in [-0.4, -0.2) is 18.2 Å². The molecule has 0 fully saturated rings. The summed E-state index contributed by atoms with van der Waals surface area (Å²) >= 11 is 0. The lowest BCUT2D eigenvalue weighted by Crippen LogP contribution is -2.03. The summed E-state index contributed by atoms with van der Waals surface area (Å²) in [6.45, 7) is 3.79. The van der Waals surface area contributed by atoms with Crippen molar-refractivity contribution in [2.45, 2.75) is 20.3 Å². The number of carbonyl (C=O) groups is 1. The highest BCUT2D eigenvalue weighted by Gasteiger charge is 2.21. The van der Waals surface area contributed by atoms with Crippen LogP contribution >= 0.6 is 0 Å². The first-order chi connectivity index (χ1) is 8.67. The summed E-state index contributed by atoms with van der Waals surface area (Å²) in [4.78, 5) is 11.7. The normalized spacial score (nSPS) is 10.4. The highest BCUT2D eigenvalue weighted by molar-refractivity contribution is 5.96. The van der Waals surface area contributed by atoms with Gasteiger partial charge in [-0.15, -0.1) is 0 Å². The van der Waals surface area contributed by atoms with Gasteiger partial charge in [-0.1, -0.05) is 36.3 Å². The van der Waals surface area contributed by atoms with E-state index in [1.807, 2.05) is 24.3 Å². The van der Waals surface area contributed by atoms with E-state index in [0.717, 1.165) is 12.0 Å². The SMILES string of the molecule is CCc1ccc(-c2noc(C)c2C(=O)OC)cc1. The molecule has 4 heteroatoms. The van der Waals surface area contributed by atoms with Gasteiger partial charge in [0.2, 0.25) is 0 Å². The van der Waals surface area contributed by atoms with Gasteiger partial charge in [-0.2, -0.15) is 0 Å². The van der Waals surface area contributed by atoms with E-state index in [1.165, 1.54) is 12.7 Å². The fourth-order valence-corrected chi connectivity index (χ4v) is 1.81. The third-order valence-corrected chi connectivity index (χ3v) is 2.89. The second kappa shape index (κ2) is 5.04. The van der Waals surface area contributed by atoms with Crippen LogP contribution in [0.3, 0.4) is 0 Å². The maximum Gasteiger partial charge on any atom is 0.343 e. The smallest absolute Gasteiger partial charge is 0.343 e. The summed E-state index contributed by atoms with van der Waals surface area (Å²) in [5.74, 6) is 0.0414. The molecule has 2 aromatic rings. The molecule has 1 heterocycles. The monoisotopic (exact) mass is 245 g/mol. The van der Waals surface area contributed by atoms with Crippen molar-refractivity contribution in [3.8, 4) is 11.3 Å². The van der Waals surface area contributed by atoms with Crippen molar-refractivity contribution in [3.05, 3.63) is 41.2 Å². The molecule has 0 unspecified atom stereocenters. The van der Waals surface area contributed by atoms with Crippen LogP contribution in [0.25, 0.3) is 11.3 Å². The molecule has 2 rings (SSSR count). The maximum absolute atomic E-state index is 11.7. The molecule has 0 atom stereocenters. The zero-order valence-corrected chi connectivity index (χ0v) is 10.7. The second-order valence-corrected chi connectivity index (χ2v) is 4.00. The number of carbonyl (C=O) groups excluding carboxylic acids is 1. The number of benzene rings is 1. The van der Waals surface area contributed by atoms with Gasteiger partial charge in [-0.25, -0.2) is 4.79 Å². The predicted octanol–water partition coefficient (Wildman–Crippen LogP) is 3.00. The van der Waals surface area contributed by atoms with Gasteiger partial charge < -0.3 is 9.26 Å². The molecular weight excluding hydrogens is 230 g/mol. The zero-order valence-electron chi connectivity index (χ0n) is 10.7. The van der Waals surface area contributed by atoms with Crippen LogP contribution in [0.1, 0.15) is 28.6 Å². The lowest BCUT2D eigenvalue weighted by molar-refractivity contribution is 0.0599. The van der Waals surface area contributed by atoms with Gasteiger partial charge in [-0.05, 0) is 18.9 Å². The van der Waals surface area contributed by atoms with E-state index in [0.29, 0.717) is 17.0 Å². The molecule has 1 aromatic carbocycles. The number of ether oxygens (including phenoxy) is 1. The number of aryl methyl sites for hydroxylation is 2. The van der Waals surface area contributed by atoms with Crippen LogP contribution in [0.5, 0.6) is 0 Å². The topological polar surface area (TPSA) is 52.3 Å². The molecule has 0 saturated carbocycles. The van der Waals surface area contributed by atoms with Crippen LogP contribution in [0.4, 0.5) is 0 Å². The Morgan fingerprint density at radius 1 is 1.33 bits per heavy atom. The Morgan fingerprint density at radius 3 is 2.56 bits per heavy atom. The van der Waals surface area contributed by atoms with Gasteiger partial charge in [0.1, 0.15) is 17.0 Å². The van der Waals surface area contributed by atoms with Crippen molar-refractivity contribution < 1.29 is 14.1 Å². The molecule has 94 valence electrons. The number of rotatable bonds is 3. The van der Waals surface area contributed by atoms with Crippen LogP contribution in [-0.2, 0) is 11.2 Å². The largest absolute Gasteiger partial charge is 0.465 e. The first-order valence-corrected chi connectivity index (χ1v) is 5.81. The van der Waals surface area contributed by atoms with Crippen LogP contribution in [0.2, 0.25) is 0 Å². The number of nitrogens with zero attached hydrogens (tertiary/aromatic N) is 1. The molecule has 0 aliphatic heterocycles. The fourth-order valence-electron chi connectivity index (χ4n) is 1.81. The average Bonchev–Trinajstić information content (AvgIpc) is 2.80. The van der Waals surface area contributed by atoms with E-state index in [9.17, 15) is 4.79 Å². The Hall–Kier alpha value is -2.10. The third kappa shape index (κ3) is 2.14. The minimum Gasteiger partial charge on any atom is -0.465 e. The van der Waals surface area contributed by atoms with E-state index in [2.05, 4.69) is 12.1 Å². The van der Waals surface area contributed by atoms with Gasteiger partial charge in [0.05, 0.1) is 7.11 Å². The predicted molar refractivity (Wildman–Crippen MR) is 67.4 cm³/mol. The van der Waals surface area contributed by atoms with Crippen molar-refractivity contribution in [2.75, 3.05) is 7.11 Å². The molecule has 1 aromatic heterocycles. The number of aromatic nitrogens is 1. The minimum atomic E-state index is -0.427. The van der Waals surface area contributed by atoms with Crippen LogP contribution in [0.15, 0.2) is 28.8 Å². The van der Waals surface area contributed by atoms with E-state index < -0.39 is 5.97 Å². The molecule has 0 aliphatic rings.